The highest BCUT2D eigenvalue weighted by Crippen LogP contribution is 2.32. The molecule has 0 spiro atoms. The Morgan fingerprint density at radius 1 is 1.24 bits per heavy atom. The SMILES string of the molecule is COc1ccc(C(=O)N2CCc3ccc(F)cc3C2C)cc1S(=O)(=O)NC(C)C. The molecule has 0 aliphatic carbocycles. The molecule has 8 heteroatoms. The average molecular weight is 421 g/mol. The molecule has 1 aliphatic rings. The highest BCUT2D eigenvalue weighted by atomic mass is 32.2. The molecular formula is C21H25FN2O4S. The van der Waals surface area contributed by atoms with Crippen LogP contribution in [0.5, 0.6) is 5.75 Å². The number of hydrogen-bond donors (Lipinski definition) is 1. The van der Waals surface area contributed by atoms with Crippen molar-refractivity contribution < 1.29 is 22.3 Å². The number of amides is 1. The van der Waals surface area contributed by atoms with E-state index < -0.39 is 10.0 Å². The normalized spacial score (nSPS) is 16.6. The van der Waals surface area contributed by atoms with Crippen LogP contribution < -0.4 is 9.46 Å². The largest absolute Gasteiger partial charge is 0.495 e. The summed E-state index contributed by atoms with van der Waals surface area (Å²) in [6.07, 6.45) is 0.613. The van der Waals surface area contributed by atoms with Crippen LogP contribution in [0.1, 0.15) is 48.3 Å². The fourth-order valence-electron chi connectivity index (χ4n) is 3.62. The van der Waals surface area contributed by atoms with Gasteiger partial charge in [0.15, 0.2) is 0 Å². The predicted octanol–water partition coefficient (Wildman–Crippen LogP) is 3.28. The second kappa shape index (κ2) is 8.12. The van der Waals surface area contributed by atoms with Gasteiger partial charge in [-0.15, -0.1) is 0 Å². The van der Waals surface area contributed by atoms with Gasteiger partial charge in [-0.05, 0) is 68.7 Å². The number of methoxy groups -OCH3 is 1. The summed E-state index contributed by atoms with van der Waals surface area (Å²) in [7, 11) is -2.47. The first kappa shape index (κ1) is 21.3. The van der Waals surface area contributed by atoms with Gasteiger partial charge < -0.3 is 9.64 Å². The maximum atomic E-state index is 13.7. The summed E-state index contributed by atoms with van der Waals surface area (Å²) in [5.41, 5.74) is 2.02. The van der Waals surface area contributed by atoms with Gasteiger partial charge in [0, 0.05) is 18.2 Å². The van der Waals surface area contributed by atoms with E-state index in [2.05, 4.69) is 4.72 Å². The first-order valence-electron chi connectivity index (χ1n) is 9.43. The summed E-state index contributed by atoms with van der Waals surface area (Å²) in [5, 5.41) is 0. The Labute approximate surface area is 170 Å². The third-order valence-corrected chi connectivity index (χ3v) is 6.68. The van der Waals surface area contributed by atoms with E-state index in [9.17, 15) is 17.6 Å². The van der Waals surface area contributed by atoms with Crippen molar-refractivity contribution in [3.8, 4) is 5.75 Å². The lowest BCUT2D eigenvalue weighted by Gasteiger charge is -2.35. The van der Waals surface area contributed by atoms with E-state index in [1.165, 1.54) is 31.4 Å². The zero-order valence-electron chi connectivity index (χ0n) is 16.9. The summed E-state index contributed by atoms with van der Waals surface area (Å²) in [4.78, 5) is 14.7. The van der Waals surface area contributed by atoms with Crippen LogP contribution in [0.3, 0.4) is 0 Å². The average Bonchev–Trinajstić information content (AvgIpc) is 2.66. The highest BCUT2D eigenvalue weighted by molar-refractivity contribution is 7.89. The van der Waals surface area contributed by atoms with Crippen LogP contribution >= 0.6 is 0 Å². The summed E-state index contributed by atoms with van der Waals surface area (Å²) in [6, 6.07) is 8.35. The van der Waals surface area contributed by atoms with Crippen molar-refractivity contribution in [2.45, 2.75) is 44.2 Å². The Hall–Kier alpha value is -2.45. The summed E-state index contributed by atoms with van der Waals surface area (Å²) in [5.74, 6) is -0.493. The zero-order valence-corrected chi connectivity index (χ0v) is 17.7. The Kier molecular flexibility index (Phi) is 5.95. The lowest BCUT2D eigenvalue weighted by molar-refractivity contribution is 0.0677. The van der Waals surface area contributed by atoms with E-state index in [-0.39, 0.29) is 40.0 Å². The number of rotatable bonds is 5. The first-order chi connectivity index (χ1) is 13.6. The molecule has 0 fully saturated rings. The fourth-order valence-corrected chi connectivity index (χ4v) is 5.07. The number of halogens is 1. The number of nitrogens with one attached hydrogen (secondary N) is 1. The molecule has 6 nitrogen and oxygen atoms in total. The zero-order chi connectivity index (χ0) is 21.3. The number of nitrogens with zero attached hydrogens (tertiary/aromatic N) is 1. The van der Waals surface area contributed by atoms with E-state index in [1.807, 2.05) is 6.92 Å². The molecule has 3 rings (SSSR count). The third-order valence-electron chi connectivity index (χ3n) is 5.00. The number of carbonyl (C=O) groups is 1. The lowest BCUT2D eigenvalue weighted by Crippen LogP contribution is -2.39. The van der Waals surface area contributed by atoms with Gasteiger partial charge in [0.25, 0.3) is 5.91 Å². The van der Waals surface area contributed by atoms with Crippen molar-refractivity contribution in [1.29, 1.82) is 0 Å². The van der Waals surface area contributed by atoms with Crippen molar-refractivity contribution in [2.75, 3.05) is 13.7 Å². The lowest BCUT2D eigenvalue weighted by atomic mass is 9.93. The van der Waals surface area contributed by atoms with Crippen LogP contribution in [0.15, 0.2) is 41.3 Å². The van der Waals surface area contributed by atoms with Crippen molar-refractivity contribution in [3.05, 3.63) is 58.9 Å². The van der Waals surface area contributed by atoms with Gasteiger partial charge in [-0.1, -0.05) is 6.07 Å². The smallest absolute Gasteiger partial charge is 0.254 e. The van der Waals surface area contributed by atoms with Gasteiger partial charge in [0.2, 0.25) is 10.0 Å². The van der Waals surface area contributed by atoms with Crippen LogP contribution in [-0.4, -0.2) is 38.9 Å². The standard InChI is InChI=1S/C21H25FN2O4S/c1-13(2)23-29(26,27)20-11-16(6-8-19(20)28-4)21(25)24-10-9-15-5-7-17(22)12-18(15)14(24)3/h5-8,11-14,23H,9-10H2,1-4H3. The molecule has 1 aliphatic heterocycles. The number of benzene rings is 2. The molecule has 0 radical (unpaired) electrons. The Morgan fingerprint density at radius 2 is 1.97 bits per heavy atom. The number of hydrogen-bond acceptors (Lipinski definition) is 4. The molecular weight excluding hydrogens is 395 g/mol. The molecule has 2 aromatic carbocycles. The predicted molar refractivity (Wildman–Crippen MR) is 108 cm³/mol. The van der Waals surface area contributed by atoms with Crippen LogP contribution in [0, 0.1) is 5.82 Å². The quantitative estimate of drug-likeness (QED) is 0.806. The summed E-state index contributed by atoms with van der Waals surface area (Å²) in [6.45, 7) is 5.74. The van der Waals surface area contributed by atoms with Crippen LogP contribution in [0.2, 0.25) is 0 Å². The molecule has 1 unspecified atom stereocenters. The number of sulfonamides is 1. The van der Waals surface area contributed by atoms with Crippen molar-refractivity contribution in [3.63, 3.8) is 0 Å². The second-order valence-corrected chi connectivity index (χ2v) is 9.09. The van der Waals surface area contributed by atoms with E-state index in [0.717, 1.165) is 11.1 Å². The molecule has 1 N–H and O–H groups in total. The van der Waals surface area contributed by atoms with E-state index in [1.54, 1.807) is 30.9 Å². The molecule has 2 aromatic rings. The van der Waals surface area contributed by atoms with Crippen molar-refractivity contribution >= 4 is 15.9 Å². The van der Waals surface area contributed by atoms with Gasteiger partial charge in [-0.25, -0.2) is 17.5 Å². The Bertz CT molecular complexity index is 1040. The fraction of sp³-hybridized carbons (Fsp3) is 0.381. The highest BCUT2D eigenvalue weighted by Gasteiger charge is 2.30. The first-order valence-corrected chi connectivity index (χ1v) is 10.9. The van der Waals surface area contributed by atoms with Gasteiger partial charge in [-0.2, -0.15) is 0 Å². The summed E-state index contributed by atoms with van der Waals surface area (Å²) >= 11 is 0. The maximum absolute atomic E-state index is 13.7. The molecule has 1 atom stereocenters. The Balaban J connectivity index is 1.97. The van der Waals surface area contributed by atoms with Crippen molar-refractivity contribution in [2.24, 2.45) is 0 Å². The third kappa shape index (κ3) is 4.28. The minimum absolute atomic E-state index is 0.0874. The Morgan fingerprint density at radius 3 is 2.62 bits per heavy atom. The molecule has 0 bridgehead atoms. The van der Waals surface area contributed by atoms with Crippen molar-refractivity contribution in [1.82, 2.24) is 9.62 Å². The molecule has 0 saturated carbocycles. The minimum atomic E-state index is -3.85. The van der Waals surface area contributed by atoms with Gasteiger partial charge >= 0.3 is 0 Å². The van der Waals surface area contributed by atoms with E-state index in [0.29, 0.717) is 13.0 Å². The monoisotopic (exact) mass is 420 g/mol. The number of ether oxygens (including phenoxy) is 1. The van der Waals surface area contributed by atoms with Crippen LogP contribution in [0.4, 0.5) is 4.39 Å². The molecule has 0 saturated heterocycles. The van der Waals surface area contributed by atoms with E-state index in [4.69, 9.17) is 4.74 Å². The summed E-state index contributed by atoms with van der Waals surface area (Å²) < 4.78 is 46.8. The van der Waals surface area contributed by atoms with Gasteiger partial charge in [-0.3, -0.25) is 4.79 Å². The minimum Gasteiger partial charge on any atom is -0.495 e. The van der Waals surface area contributed by atoms with Crippen LogP contribution in [-0.2, 0) is 16.4 Å². The molecule has 29 heavy (non-hydrogen) atoms. The molecule has 0 aromatic heterocycles. The number of carbonyl (C=O) groups excluding carboxylic acids is 1. The maximum Gasteiger partial charge on any atom is 0.254 e. The number of fused-ring (bicyclic) bond motifs is 1. The second-order valence-electron chi connectivity index (χ2n) is 7.41. The molecule has 1 heterocycles. The van der Waals surface area contributed by atoms with E-state index >= 15 is 0 Å². The van der Waals surface area contributed by atoms with Gasteiger partial charge in [0.1, 0.15) is 16.5 Å². The van der Waals surface area contributed by atoms with Crippen LogP contribution in [0.25, 0.3) is 0 Å². The molecule has 1 amide bonds. The molecule has 156 valence electrons. The van der Waals surface area contributed by atoms with Gasteiger partial charge in [0.05, 0.1) is 13.2 Å². The topological polar surface area (TPSA) is 75.7 Å².